The maximum atomic E-state index is 4.64. The molecule has 3 nitrogen and oxygen atoms in total. The van der Waals surface area contributed by atoms with Gasteiger partial charge in [0.2, 0.25) is 0 Å². The van der Waals surface area contributed by atoms with E-state index in [1.165, 1.54) is 56.3 Å². The molecule has 1 aliphatic rings. The molecular formula is C18H31N3. The highest BCUT2D eigenvalue weighted by Crippen LogP contribution is 2.29. The lowest BCUT2D eigenvalue weighted by atomic mass is 9.93. The number of hydrogen-bond acceptors (Lipinski definition) is 2. The highest BCUT2D eigenvalue weighted by atomic mass is 15.3. The summed E-state index contributed by atoms with van der Waals surface area (Å²) in [6.45, 7) is 5.47. The molecule has 1 atom stereocenters. The molecule has 1 aromatic rings. The molecule has 1 N–H and O–H groups in total. The van der Waals surface area contributed by atoms with E-state index >= 15 is 0 Å². The van der Waals surface area contributed by atoms with Crippen LogP contribution in [0.4, 0.5) is 0 Å². The summed E-state index contributed by atoms with van der Waals surface area (Å²) in [5.41, 5.74) is 4.10. The zero-order valence-corrected chi connectivity index (χ0v) is 14.0. The van der Waals surface area contributed by atoms with Gasteiger partial charge in [0.05, 0.1) is 17.4 Å². The fraction of sp³-hybridized carbons (Fsp3) is 0.722. The third-order valence-electron chi connectivity index (χ3n) is 4.42. The molecule has 3 heteroatoms. The van der Waals surface area contributed by atoms with Crippen LogP contribution in [0.5, 0.6) is 0 Å². The Balaban J connectivity index is 2.25. The smallest absolute Gasteiger partial charge is 0.0707 e. The van der Waals surface area contributed by atoms with Crippen LogP contribution in [0.1, 0.15) is 76.2 Å². The second kappa shape index (κ2) is 8.38. The summed E-state index contributed by atoms with van der Waals surface area (Å²) in [6.07, 6.45) is 12.6. The Morgan fingerprint density at radius 1 is 1.24 bits per heavy atom. The van der Waals surface area contributed by atoms with Gasteiger partial charge in [0.1, 0.15) is 0 Å². The largest absolute Gasteiger partial charge is 0.305 e. The molecule has 0 saturated heterocycles. The zero-order valence-electron chi connectivity index (χ0n) is 14.0. The van der Waals surface area contributed by atoms with Gasteiger partial charge in [0, 0.05) is 7.05 Å². The van der Waals surface area contributed by atoms with E-state index in [4.69, 9.17) is 0 Å². The van der Waals surface area contributed by atoms with Gasteiger partial charge in [0.25, 0.3) is 0 Å². The van der Waals surface area contributed by atoms with Gasteiger partial charge >= 0.3 is 0 Å². The minimum absolute atomic E-state index is 0.348. The van der Waals surface area contributed by atoms with E-state index in [9.17, 15) is 0 Å². The summed E-state index contributed by atoms with van der Waals surface area (Å²) in [5, 5.41) is 8.40. The number of allylic oxidation sites excluding steroid dienone is 1. The number of rotatable bonds is 6. The monoisotopic (exact) mass is 289 g/mol. The normalized spacial score (nSPS) is 18.0. The van der Waals surface area contributed by atoms with Crippen molar-refractivity contribution in [1.29, 1.82) is 0 Å². The van der Waals surface area contributed by atoms with Crippen molar-refractivity contribution in [2.45, 2.75) is 71.3 Å². The van der Waals surface area contributed by atoms with E-state index in [1.54, 1.807) is 5.57 Å². The first-order chi connectivity index (χ1) is 10.3. The van der Waals surface area contributed by atoms with Crippen molar-refractivity contribution in [3.63, 3.8) is 0 Å². The number of aryl methyl sites for hydroxylation is 2. The Hall–Kier alpha value is -1.09. The van der Waals surface area contributed by atoms with Crippen molar-refractivity contribution >= 4 is 0 Å². The SMILES string of the molecule is CCCNC(C1=CCCCCCC1)c1cc(CC)nn1C. The van der Waals surface area contributed by atoms with Crippen LogP contribution in [0.3, 0.4) is 0 Å². The lowest BCUT2D eigenvalue weighted by molar-refractivity contribution is 0.512. The fourth-order valence-electron chi connectivity index (χ4n) is 3.18. The lowest BCUT2D eigenvalue weighted by Crippen LogP contribution is -2.26. The third-order valence-corrected chi connectivity index (χ3v) is 4.42. The Labute approximate surface area is 129 Å². The quantitative estimate of drug-likeness (QED) is 0.791. The maximum Gasteiger partial charge on any atom is 0.0707 e. The molecule has 0 spiro atoms. The first-order valence-corrected chi connectivity index (χ1v) is 8.71. The second-order valence-corrected chi connectivity index (χ2v) is 6.16. The van der Waals surface area contributed by atoms with Crippen LogP contribution >= 0.6 is 0 Å². The molecule has 1 unspecified atom stereocenters. The van der Waals surface area contributed by atoms with Gasteiger partial charge < -0.3 is 5.32 Å². The van der Waals surface area contributed by atoms with Crippen molar-refractivity contribution in [3.05, 3.63) is 29.1 Å². The van der Waals surface area contributed by atoms with Gasteiger partial charge in [-0.2, -0.15) is 5.10 Å². The molecule has 0 bridgehead atoms. The molecule has 0 radical (unpaired) electrons. The van der Waals surface area contributed by atoms with Gasteiger partial charge in [-0.1, -0.05) is 38.3 Å². The minimum atomic E-state index is 0.348. The summed E-state index contributed by atoms with van der Waals surface area (Å²) in [6, 6.07) is 2.63. The van der Waals surface area contributed by atoms with Gasteiger partial charge in [-0.3, -0.25) is 4.68 Å². The minimum Gasteiger partial charge on any atom is -0.305 e. The van der Waals surface area contributed by atoms with E-state index in [2.05, 4.69) is 48.1 Å². The fourth-order valence-corrected chi connectivity index (χ4v) is 3.18. The number of hydrogen-bond donors (Lipinski definition) is 1. The van der Waals surface area contributed by atoms with Crippen LogP contribution < -0.4 is 5.32 Å². The van der Waals surface area contributed by atoms with E-state index < -0.39 is 0 Å². The average Bonchev–Trinajstić information content (AvgIpc) is 2.82. The van der Waals surface area contributed by atoms with Crippen molar-refractivity contribution in [1.82, 2.24) is 15.1 Å². The van der Waals surface area contributed by atoms with Crippen LogP contribution in [-0.2, 0) is 13.5 Å². The highest BCUT2D eigenvalue weighted by molar-refractivity contribution is 5.25. The predicted molar refractivity (Wildman–Crippen MR) is 89.4 cm³/mol. The molecule has 0 saturated carbocycles. The Morgan fingerprint density at radius 3 is 2.76 bits per heavy atom. The molecule has 2 rings (SSSR count). The molecular weight excluding hydrogens is 258 g/mol. The Bertz CT molecular complexity index is 459. The first-order valence-electron chi connectivity index (χ1n) is 8.71. The number of aromatic nitrogens is 2. The Kier molecular flexibility index (Phi) is 6.50. The molecule has 1 heterocycles. The van der Waals surface area contributed by atoms with E-state index in [-0.39, 0.29) is 0 Å². The molecule has 21 heavy (non-hydrogen) atoms. The summed E-state index contributed by atoms with van der Waals surface area (Å²) in [4.78, 5) is 0. The summed E-state index contributed by atoms with van der Waals surface area (Å²) in [5.74, 6) is 0. The standard InChI is InChI=1S/C18H31N3/c1-4-13-19-18(15-11-9-7-6-8-10-12-15)17-14-16(5-2)20-21(17)3/h11,14,18-19H,4-10,12-13H2,1-3H3. The van der Waals surface area contributed by atoms with Gasteiger partial charge in [-0.25, -0.2) is 0 Å². The number of nitrogens with zero attached hydrogens (tertiary/aromatic N) is 2. The predicted octanol–water partition coefficient (Wildman–Crippen LogP) is 4.30. The highest BCUT2D eigenvalue weighted by Gasteiger charge is 2.20. The zero-order chi connectivity index (χ0) is 15.1. The molecule has 1 aliphatic carbocycles. The molecule has 0 aromatic carbocycles. The summed E-state index contributed by atoms with van der Waals surface area (Å²) in [7, 11) is 2.08. The van der Waals surface area contributed by atoms with Crippen LogP contribution in [0.2, 0.25) is 0 Å². The first kappa shape index (κ1) is 16.3. The second-order valence-electron chi connectivity index (χ2n) is 6.16. The molecule has 0 fully saturated rings. The topological polar surface area (TPSA) is 29.9 Å². The van der Waals surface area contributed by atoms with Crippen molar-refractivity contribution in [3.8, 4) is 0 Å². The lowest BCUT2D eigenvalue weighted by Gasteiger charge is -2.23. The van der Waals surface area contributed by atoms with E-state index in [0.29, 0.717) is 6.04 Å². The Morgan fingerprint density at radius 2 is 2.05 bits per heavy atom. The molecule has 118 valence electrons. The van der Waals surface area contributed by atoms with Crippen molar-refractivity contribution < 1.29 is 0 Å². The van der Waals surface area contributed by atoms with Gasteiger partial charge in [-0.05, 0) is 51.1 Å². The van der Waals surface area contributed by atoms with Crippen LogP contribution in [0, 0.1) is 0 Å². The van der Waals surface area contributed by atoms with Crippen molar-refractivity contribution in [2.24, 2.45) is 7.05 Å². The van der Waals surface area contributed by atoms with Gasteiger partial charge in [0.15, 0.2) is 0 Å². The van der Waals surface area contributed by atoms with E-state index in [1.807, 2.05) is 0 Å². The molecule has 0 aliphatic heterocycles. The maximum absolute atomic E-state index is 4.64. The van der Waals surface area contributed by atoms with E-state index in [0.717, 1.165) is 13.0 Å². The molecule has 0 amide bonds. The molecule has 1 aromatic heterocycles. The van der Waals surface area contributed by atoms with Crippen molar-refractivity contribution in [2.75, 3.05) is 6.54 Å². The van der Waals surface area contributed by atoms with Gasteiger partial charge in [-0.15, -0.1) is 0 Å². The summed E-state index contributed by atoms with van der Waals surface area (Å²) < 4.78 is 2.08. The van der Waals surface area contributed by atoms with Crippen LogP contribution in [0.15, 0.2) is 17.7 Å². The summed E-state index contributed by atoms with van der Waals surface area (Å²) >= 11 is 0. The van der Waals surface area contributed by atoms with Crippen LogP contribution in [-0.4, -0.2) is 16.3 Å². The number of nitrogens with one attached hydrogen (secondary N) is 1. The third kappa shape index (κ3) is 4.44. The van der Waals surface area contributed by atoms with Crippen LogP contribution in [0.25, 0.3) is 0 Å². The average molecular weight is 289 g/mol.